The second-order valence-corrected chi connectivity index (χ2v) is 9.67. The van der Waals surface area contributed by atoms with Crippen molar-refractivity contribution in [1.82, 2.24) is 30.8 Å². The average Bonchev–Trinajstić information content (AvgIpc) is 3.06. The summed E-state index contributed by atoms with van der Waals surface area (Å²) in [4.78, 5) is 21.5. The minimum Gasteiger partial charge on any atom is -0.323 e. The molecule has 1 amide bonds. The molecular weight excluding hydrogens is 406 g/mol. The van der Waals surface area contributed by atoms with Crippen LogP contribution in [0.15, 0.2) is 16.5 Å². The Morgan fingerprint density at radius 1 is 1.21 bits per heavy atom. The van der Waals surface area contributed by atoms with Gasteiger partial charge in [0.1, 0.15) is 5.01 Å². The molecule has 3 heterocycles. The highest BCUT2D eigenvalue weighted by Gasteiger charge is 2.26. The summed E-state index contributed by atoms with van der Waals surface area (Å²) in [6.07, 6.45) is -0.0144. The van der Waals surface area contributed by atoms with Crippen LogP contribution in [-0.2, 0) is 4.79 Å². The van der Waals surface area contributed by atoms with E-state index in [4.69, 9.17) is 0 Å². The zero-order valence-electron chi connectivity index (χ0n) is 16.7. The van der Waals surface area contributed by atoms with Crippen molar-refractivity contribution in [2.75, 3.05) is 11.1 Å². The maximum absolute atomic E-state index is 12.2. The van der Waals surface area contributed by atoms with Crippen LogP contribution in [0.25, 0.3) is 10.9 Å². The van der Waals surface area contributed by atoms with Gasteiger partial charge in [-0.1, -0.05) is 34.7 Å². The quantitative estimate of drug-likeness (QED) is 0.532. The van der Waals surface area contributed by atoms with Gasteiger partial charge in [-0.25, -0.2) is 9.97 Å². The minimum absolute atomic E-state index is 0.00962. The monoisotopic (exact) mass is 429 g/mol. The van der Waals surface area contributed by atoms with E-state index in [0.29, 0.717) is 12.4 Å². The van der Waals surface area contributed by atoms with Crippen LogP contribution in [0.5, 0.6) is 0 Å². The first-order valence-corrected chi connectivity index (χ1v) is 11.2. The van der Waals surface area contributed by atoms with E-state index in [2.05, 4.69) is 62.1 Å². The predicted molar refractivity (Wildman–Crippen MR) is 116 cm³/mol. The molecule has 0 saturated carbocycles. The molecule has 3 N–H and O–H groups in total. The van der Waals surface area contributed by atoms with Crippen LogP contribution in [0.2, 0.25) is 0 Å². The summed E-state index contributed by atoms with van der Waals surface area (Å²) in [6, 6.07) is 4.23. The molecule has 2 atom stereocenters. The van der Waals surface area contributed by atoms with Gasteiger partial charge in [0.05, 0.1) is 11.2 Å². The van der Waals surface area contributed by atoms with E-state index in [1.807, 2.05) is 13.8 Å². The largest absolute Gasteiger partial charge is 0.323 e. The summed E-state index contributed by atoms with van der Waals surface area (Å²) in [6.45, 7) is 8.03. The molecule has 1 fully saturated rings. The van der Waals surface area contributed by atoms with Gasteiger partial charge in [-0.2, -0.15) is 0 Å². The lowest BCUT2D eigenvalue weighted by molar-refractivity contribution is -0.123. The lowest BCUT2D eigenvalue weighted by Crippen LogP contribution is -2.60. The number of aryl methyl sites for hydroxylation is 4. The lowest BCUT2D eigenvalue weighted by atomic mass is 10.1. The van der Waals surface area contributed by atoms with Gasteiger partial charge in [0.25, 0.3) is 0 Å². The van der Waals surface area contributed by atoms with Crippen molar-refractivity contribution < 1.29 is 4.79 Å². The highest BCUT2D eigenvalue weighted by Crippen LogP contribution is 2.24. The minimum atomic E-state index is -0.430. The van der Waals surface area contributed by atoms with Crippen molar-refractivity contribution in [3.05, 3.63) is 34.0 Å². The van der Waals surface area contributed by atoms with E-state index in [-0.39, 0.29) is 11.9 Å². The molecule has 152 valence electrons. The molecule has 4 rings (SSSR count). The number of hydrogen-bond donors (Lipinski definition) is 3. The Morgan fingerprint density at radius 3 is 2.79 bits per heavy atom. The molecule has 29 heavy (non-hydrogen) atoms. The van der Waals surface area contributed by atoms with Crippen molar-refractivity contribution in [2.45, 2.75) is 50.8 Å². The van der Waals surface area contributed by atoms with Crippen LogP contribution in [0.3, 0.4) is 0 Å². The normalized spacial score (nSPS) is 19.4. The van der Waals surface area contributed by atoms with Crippen LogP contribution < -0.4 is 16.0 Å². The SMILES string of the molecule is Cc1cc(C)c2nc(NC3NC(=O)CC(CSc4nnc(C)s4)N3)nc(C)c2c1. The van der Waals surface area contributed by atoms with Crippen LogP contribution in [0, 0.1) is 27.7 Å². The highest BCUT2D eigenvalue weighted by atomic mass is 32.2. The molecule has 1 aliphatic rings. The van der Waals surface area contributed by atoms with E-state index in [9.17, 15) is 4.79 Å². The van der Waals surface area contributed by atoms with Crippen LogP contribution in [0.1, 0.15) is 28.2 Å². The summed E-state index contributed by atoms with van der Waals surface area (Å²) in [5, 5.41) is 19.7. The summed E-state index contributed by atoms with van der Waals surface area (Å²) in [5.41, 5.74) is 4.13. The smallest absolute Gasteiger partial charge is 0.226 e. The van der Waals surface area contributed by atoms with Crippen molar-refractivity contribution in [2.24, 2.45) is 0 Å². The third kappa shape index (κ3) is 4.65. The van der Waals surface area contributed by atoms with Crippen LogP contribution in [0.4, 0.5) is 5.95 Å². The average molecular weight is 430 g/mol. The molecule has 0 bridgehead atoms. The molecule has 3 aromatic rings. The topological polar surface area (TPSA) is 105 Å². The molecule has 1 aliphatic heterocycles. The summed E-state index contributed by atoms with van der Waals surface area (Å²) >= 11 is 3.17. The number of rotatable bonds is 5. The fraction of sp³-hybridized carbons (Fsp3) is 0.421. The molecule has 0 aliphatic carbocycles. The van der Waals surface area contributed by atoms with Gasteiger partial charge < -0.3 is 10.6 Å². The number of aromatic nitrogens is 4. The molecule has 1 saturated heterocycles. The Hall–Kier alpha value is -2.30. The third-order valence-corrected chi connectivity index (χ3v) is 6.79. The van der Waals surface area contributed by atoms with Gasteiger partial charge in [-0.05, 0) is 39.3 Å². The number of hydrogen-bond acceptors (Lipinski definition) is 9. The number of fused-ring (bicyclic) bond motifs is 1. The molecule has 2 aromatic heterocycles. The number of nitrogens with one attached hydrogen (secondary N) is 3. The van der Waals surface area contributed by atoms with Crippen molar-refractivity contribution in [1.29, 1.82) is 0 Å². The van der Waals surface area contributed by atoms with E-state index in [0.717, 1.165) is 37.3 Å². The number of nitrogens with zero attached hydrogens (tertiary/aromatic N) is 4. The van der Waals surface area contributed by atoms with E-state index < -0.39 is 6.29 Å². The Labute approximate surface area is 177 Å². The zero-order valence-corrected chi connectivity index (χ0v) is 18.4. The fourth-order valence-corrected chi connectivity index (χ4v) is 5.28. The Balaban J connectivity index is 1.47. The van der Waals surface area contributed by atoms with E-state index in [1.165, 1.54) is 5.56 Å². The molecule has 8 nitrogen and oxygen atoms in total. The van der Waals surface area contributed by atoms with Gasteiger partial charge in [-0.15, -0.1) is 10.2 Å². The number of benzene rings is 1. The predicted octanol–water partition coefficient (Wildman–Crippen LogP) is 2.68. The number of thioether (sulfide) groups is 1. The maximum Gasteiger partial charge on any atom is 0.226 e. The van der Waals surface area contributed by atoms with Gasteiger partial charge >= 0.3 is 0 Å². The van der Waals surface area contributed by atoms with Gasteiger partial charge in [0, 0.05) is 23.6 Å². The molecule has 10 heteroatoms. The van der Waals surface area contributed by atoms with Gasteiger partial charge in [0.15, 0.2) is 10.6 Å². The summed E-state index contributed by atoms with van der Waals surface area (Å²) < 4.78 is 0.916. The second-order valence-electron chi connectivity index (χ2n) is 7.22. The third-order valence-electron chi connectivity index (χ3n) is 4.65. The lowest BCUT2D eigenvalue weighted by Gasteiger charge is -2.31. The maximum atomic E-state index is 12.2. The number of amides is 1. The molecule has 0 spiro atoms. The van der Waals surface area contributed by atoms with E-state index >= 15 is 0 Å². The van der Waals surface area contributed by atoms with Crippen molar-refractivity contribution in [3.63, 3.8) is 0 Å². The Kier molecular flexibility index (Phi) is 5.66. The van der Waals surface area contributed by atoms with Crippen molar-refractivity contribution in [3.8, 4) is 0 Å². The molecule has 0 radical (unpaired) electrons. The van der Waals surface area contributed by atoms with Crippen LogP contribution in [-0.4, -0.2) is 44.2 Å². The summed E-state index contributed by atoms with van der Waals surface area (Å²) in [5.74, 6) is 1.22. The second kappa shape index (κ2) is 8.21. The van der Waals surface area contributed by atoms with Crippen molar-refractivity contribution >= 4 is 45.9 Å². The first-order valence-electron chi connectivity index (χ1n) is 9.38. The molecular formula is C19H23N7OS2. The van der Waals surface area contributed by atoms with Gasteiger partial charge in [0.2, 0.25) is 11.9 Å². The fourth-order valence-electron chi connectivity index (χ4n) is 3.40. The number of anilines is 1. The first kappa shape index (κ1) is 20.0. The Morgan fingerprint density at radius 2 is 2.03 bits per heavy atom. The standard InChI is InChI=1S/C19H23N7OS2/c1-9-5-10(2)16-14(6-9)11(3)20-17(23-16)24-18-21-13(7-15(27)22-18)8-28-19-26-25-12(4)29-19/h5-6,13,18,21H,7-8H2,1-4H3,(H,22,27)(H,20,23,24). The summed E-state index contributed by atoms with van der Waals surface area (Å²) in [7, 11) is 0. The van der Waals surface area contributed by atoms with Gasteiger partial charge in [-0.3, -0.25) is 10.1 Å². The number of carbonyl (C=O) groups is 1. The van der Waals surface area contributed by atoms with Crippen LogP contribution >= 0.6 is 23.1 Å². The molecule has 1 aromatic carbocycles. The first-order chi connectivity index (χ1) is 13.9. The van der Waals surface area contributed by atoms with E-state index in [1.54, 1.807) is 23.1 Å². The Bertz CT molecular complexity index is 1070. The molecule has 2 unspecified atom stereocenters. The number of carbonyl (C=O) groups excluding carboxylic acids is 1. The zero-order chi connectivity index (χ0) is 20.5. The highest BCUT2D eigenvalue weighted by molar-refractivity contribution is 8.01.